The van der Waals surface area contributed by atoms with Crippen LogP contribution < -0.4 is 20.5 Å². The van der Waals surface area contributed by atoms with Crippen molar-refractivity contribution in [3.8, 4) is 22.9 Å². The van der Waals surface area contributed by atoms with Gasteiger partial charge in [0.05, 0.1) is 16.9 Å². The fraction of sp³-hybridized carbons (Fsp3) is 0.167. The zero-order valence-corrected chi connectivity index (χ0v) is 15.3. The number of rotatable bonds is 6. The highest BCUT2D eigenvalue weighted by Gasteiger charge is 2.16. The summed E-state index contributed by atoms with van der Waals surface area (Å²) in [7, 11) is 1.77. The number of nitrogens with zero attached hydrogens (tertiary/aromatic N) is 3. The Morgan fingerprint density at radius 1 is 1.33 bits per heavy atom. The molecule has 1 aromatic carbocycles. The second-order valence-corrected chi connectivity index (χ2v) is 5.90. The third-order valence-corrected chi connectivity index (χ3v) is 3.86. The number of benzene rings is 1. The summed E-state index contributed by atoms with van der Waals surface area (Å²) in [5.74, 6) is 0.780. The molecule has 3 aromatic rings. The van der Waals surface area contributed by atoms with Crippen molar-refractivity contribution >= 4 is 23.4 Å². The minimum absolute atomic E-state index is 0.202. The molecule has 8 nitrogen and oxygen atoms in total. The third-order valence-electron chi connectivity index (χ3n) is 3.59. The molecule has 2 heterocycles. The zero-order valence-electron chi connectivity index (χ0n) is 14.6. The van der Waals surface area contributed by atoms with Crippen LogP contribution in [-0.2, 0) is 7.05 Å². The van der Waals surface area contributed by atoms with E-state index in [-0.39, 0.29) is 5.88 Å². The van der Waals surface area contributed by atoms with Crippen LogP contribution in [0.3, 0.4) is 0 Å². The van der Waals surface area contributed by atoms with Crippen molar-refractivity contribution in [2.75, 3.05) is 18.5 Å². The number of nitrogens with two attached hydrogens (primary N) is 1. The number of aryl methyl sites for hydroxylation is 1. The van der Waals surface area contributed by atoms with E-state index in [0.717, 1.165) is 0 Å². The molecule has 140 valence electrons. The number of hydrogen-bond donors (Lipinski definition) is 2. The Kier molecular flexibility index (Phi) is 5.90. The monoisotopic (exact) mass is 387 g/mol. The first-order valence-corrected chi connectivity index (χ1v) is 8.51. The van der Waals surface area contributed by atoms with Crippen molar-refractivity contribution in [2.24, 2.45) is 12.8 Å². The Bertz CT molecular complexity index is 911. The fourth-order valence-electron chi connectivity index (χ4n) is 2.45. The van der Waals surface area contributed by atoms with Gasteiger partial charge in [0.2, 0.25) is 5.88 Å². The smallest absolute Gasteiger partial charge is 0.418 e. The summed E-state index contributed by atoms with van der Waals surface area (Å²) in [5.41, 5.74) is 7.36. The predicted molar refractivity (Wildman–Crippen MR) is 102 cm³/mol. The van der Waals surface area contributed by atoms with E-state index in [1.54, 1.807) is 54.3 Å². The molecule has 3 N–H and O–H groups in total. The van der Waals surface area contributed by atoms with E-state index in [9.17, 15) is 4.79 Å². The van der Waals surface area contributed by atoms with Crippen molar-refractivity contribution in [3.63, 3.8) is 0 Å². The van der Waals surface area contributed by atoms with Crippen LogP contribution in [0.1, 0.15) is 0 Å². The summed E-state index contributed by atoms with van der Waals surface area (Å²) in [5, 5.41) is 7.27. The van der Waals surface area contributed by atoms with Gasteiger partial charge in [-0.05, 0) is 24.3 Å². The largest absolute Gasteiger partial charge is 0.492 e. The van der Waals surface area contributed by atoms with Crippen LogP contribution in [0.5, 0.6) is 11.6 Å². The van der Waals surface area contributed by atoms with Crippen molar-refractivity contribution in [1.29, 1.82) is 0 Å². The summed E-state index contributed by atoms with van der Waals surface area (Å²) in [6.07, 6.45) is 2.42. The van der Waals surface area contributed by atoms with Crippen LogP contribution >= 0.6 is 11.6 Å². The van der Waals surface area contributed by atoms with Crippen LogP contribution in [0, 0.1) is 0 Å². The normalized spacial score (nSPS) is 10.5. The molecule has 1 amide bonds. The van der Waals surface area contributed by atoms with E-state index >= 15 is 0 Å². The number of aromatic nitrogens is 3. The molecule has 0 aliphatic heterocycles. The van der Waals surface area contributed by atoms with Crippen LogP contribution in [0.2, 0.25) is 5.02 Å². The molecule has 0 aliphatic rings. The Morgan fingerprint density at radius 2 is 2.19 bits per heavy atom. The van der Waals surface area contributed by atoms with Gasteiger partial charge in [-0.25, -0.2) is 9.78 Å². The second kappa shape index (κ2) is 8.52. The molecule has 0 spiro atoms. The lowest BCUT2D eigenvalue weighted by Crippen LogP contribution is -2.17. The summed E-state index contributed by atoms with van der Waals surface area (Å²) in [6.45, 7) is 0.714. The van der Waals surface area contributed by atoms with Crippen LogP contribution in [0.15, 0.2) is 48.8 Å². The maximum Gasteiger partial charge on any atom is 0.418 e. The SMILES string of the molecule is Cn1ncc(Cl)c1-c1cc(NC(=O)Oc2ccccn2)ccc1OCCN. The van der Waals surface area contributed by atoms with E-state index < -0.39 is 6.09 Å². The molecule has 0 saturated heterocycles. The summed E-state index contributed by atoms with van der Waals surface area (Å²) in [6, 6.07) is 10.2. The molecule has 0 aliphatic carbocycles. The number of anilines is 1. The maximum atomic E-state index is 12.1. The van der Waals surface area contributed by atoms with Gasteiger partial charge in [-0.3, -0.25) is 10.00 Å². The number of carbonyl (C=O) groups excluding carboxylic acids is 1. The lowest BCUT2D eigenvalue weighted by atomic mass is 10.1. The Balaban J connectivity index is 1.86. The molecule has 0 saturated carbocycles. The number of hydrogen-bond acceptors (Lipinski definition) is 6. The number of halogens is 1. The van der Waals surface area contributed by atoms with Gasteiger partial charge in [0.15, 0.2) is 0 Å². The van der Waals surface area contributed by atoms with Crippen molar-refractivity contribution < 1.29 is 14.3 Å². The quantitative estimate of drug-likeness (QED) is 0.673. The number of amides is 1. The average Bonchev–Trinajstić information content (AvgIpc) is 2.99. The van der Waals surface area contributed by atoms with Gasteiger partial charge in [-0.15, -0.1) is 0 Å². The Morgan fingerprint density at radius 3 is 2.85 bits per heavy atom. The van der Waals surface area contributed by atoms with Gasteiger partial charge in [0, 0.05) is 37.1 Å². The predicted octanol–water partition coefficient (Wildman–Crippen LogP) is 3.08. The van der Waals surface area contributed by atoms with Crippen LogP contribution in [-0.4, -0.2) is 34.0 Å². The number of pyridine rings is 1. The highest BCUT2D eigenvalue weighted by atomic mass is 35.5. The van der Waals surface area contributed by atoms with Gasteiger partial charge in [0.25, 0.3) is 0 Å². The molecule has 9 heteroatoms. The van der Waals surface area contributed by atoms with Gasteiger partial charge >= 0.3 is 6.09 Å². The Labute approximate surface area is 160 Å². The third kappa shape index (κ3) is 4.55. The van der Waals surface area contributed by atoms with Crippen molar-refractivity contribution in [3.05, 3.63) is 53.8 Å². The fourth-order valence-corrected chi connectivity index (χ4v) is 2.71. The number of carbonyl (C=O) groups is 1. The molecule has 0 bridgehead atoms. The van der Waals surface area contributed by atoms with Crippen molar-refractivity contribution in [2.45, 2.75) is 0 Å². The molecule has 0 unspecified atom stereocenters. The molecule has 0 atom stereocenters. The van der Waals surface area contributed by atoms with E-state index in [4.69, 9.17) is 26.8 Å². The van der Waals surface area contributed by atoms with Crippen molar-refractivity contribution in [1.82, 2.24) is 14.8 Å². The highest BCUT2D eigenvalue weighted by Crippen LogP contribution is 2.36. The van der Waals surface area contributed by atoms with E-state index in [1.807, 2.05) is 0 Å². The first-order chi connectivity index (χ1) is 13.1. The van der Waals surface area contributed by atoms with E-state index in [0.29, 0.717) is 40.9 Å². The molecular weight excluding hydrogens is 370 g/mol. The first kappa shape index (κ1) is 18.7. The standard InChI is InChI=1S/C18H18ClN5O3/c1-24-17(14(19)11-22-24)13-10-12(5-6-15(13)26-9-7-20)23-18(25)27-16-4-2-3-8-21-16/h2-6,8,10-11H,7,9,20H2,1H3,(H,23,25). The number of nitrogens with one attached hydrogen (secondary N) is 1. The first-order valence-electron chi connectivity index (χ1n) is 8.13. The van der Waals surface area contributed by atoms with E-state index in [1.165, 1.54) is 6.20 Å². The van der Waals surface area contributed by atoms with Gasteiger partial charge in [-0.2, -0.15) is 5.10 Å². The number of ether oxygens (including phenoxy) is 2. The molecule has 0 radical (unpaired) electrons. The minimum Gasteiger partial charge on any atom is -0.492 e. The second-order valence-electron chi connectivity index (χ2n) is 5.50. The van der Waals surface area contributed by atoms with Gasteiger partial charge < -0.3 is 15.2 Å². The van der Waals surface area contributed by atoms with Crippen LogP contribution in [0.4, 0.5) is 10.5 Å². The summed E-state index contributed by atoms with van der Waals surface area (Å²) < 4.78 is 12.5. The molecule has 2 aromatic heterocycles. The minimum atomic E-state index is -0.661. The lowest BCUT2D eigenvalue weighted by Gasteiger charge is -2.14. The Hall–Kier alpha value is -3.10. The summed E-state index contributed by atoms with van der Waals surface area (Å²) in [4.78, 5) is 16.1. The topological polar surface area (TPSA) is 104 Å². The average molecular weight is 388 g/mol. The van der Waals surface area contributed by atoms with Crippen LogP contribution in [0.25, 0.3) is 11.3 Å². The lowest BCUT2D eigenvalue weighted by molar-refractivity contribution is 0.213. The zero-order chi connectivity index (χ0) is 19.2. The van der Waals surface area contributed by atoms with Gasteiger partial charge in [-0.1, -0.05) is 17.7 Å². The molecule has 3 rings (SSSR count). The van der Waals surface area contributed by atoms with Gasteiger partial charge in [0.1, 0.15) is 12.4 Å². The highest BCUT2D eigenvalue weighted by molar-refractivity contribution is 6.33. The van der Waals surface area contributed by atoms with E-state index in [2.05, 4.69) is 15.4 Å². The maximum absolute atomic E-state index is 12.1. The summed E-state index contributed by atoms with van der Waals surface area (Å²) >= 11 is 6.27. The molecule has 0 fully saturated rings. The molecule has 27 heavy (non-hydrogen) atoms. The molecular formula is C18H18ClN5O3.